The van der Waals surface area contributed by atoms with E-state index in [4.69, 9.17) is 5.73 Å². The molecule has 0 radical (unpaired) electrons. The third-order valence-corrected chi connectivity index (χ3v) is 3.57. The average Bonchev–Trinajstić information content (AvgIpc) is 2.35. The Hall–Kier alpha value is -1.83. The van der Waals surface area contributed by atoms with Crippen molar-refractivity contribution in [2.75, 3.05) is 0 Å². The minimum Gasteiger partial charge on any atom is -0.366 e. The van der Waals surface area contributed by atoms with E-state index in [0.717, 1.165) is 16.5 Å². The first-order chi connectivity index (χ1) is 8.93. The second-order valence-electron chi connectivity index (χ2n) is 5.65. The van der Waals surface area contributed by atoms with Crippen LogP contribution in [0.15, 0.2) is 30.3 Å². The summed E-state index contributed by atoms with van der Waals surface area (Å²) in [6, 6.07) is 10.3. The maximum absolute atomic E-state index is 11.9. The fraction of sp³-hybridized carbons (Fsp3) is 0.353. The summed E-state index contributed by atoms with van der Waals surface area (Å²) in [4.78, 5) is 11.9. The molecule has 0 atom stereocenters. The second-order valence-corrected chi connectivity index (χ2v) is 5.65. The summed E-state index contributed by atoms with van der Waals surface area (Å²) >= 11 is 0. The third kappa shape index (κ3) is 2.35. The zero-order valence-electron chi connectivity index (χ0n) is 12.0. The van der Waals surface area contributed by atoms with Gasteiger partial charge in [-0.3, -0.25) is 4.79 Å². The molecule has 0 bridgehead atoms. The summed E-state index contributed by atoms with van der Waals surface area (Å²) in [7, 11) is 0. The quantitative estimate of drug-likeness (QED) is 0.878. The van der Waals surface area contributed by atoms with Crippen molar-refractivity contribution in [1.29, 1.82) is 0 Å². The van der Waals surface area contributed by atoms with Crippen LogP contribution in [0.5, 0.6) is 0 Å². The van der Waals surface area contributed by atoms with E-state index < -0.39 is 0 Å². The SMILES string of the molecule is CC(C)c1cc2ccccc2c(C(C)C)c1C(N)=O. The molecule has 0 spiro atoms. The molecule has 0 fully saturated rings. The first kappa shape index (κ1) is 13.6. The van der Waals surface area contributed by atoms with Gasteiger partial charge in [-0.25, -0.2) is 0 Å². The molecule has 2 aromatic carbocycles. The van der Waals surface area contributed by atoms with Crippen molar-refractivity contribution < 1.29 is 4.79 Å². The van der Waals surface area contributed by atoms with Crippen LogP contribution in [0.25, 0.3) is 10.8 Å². The van der Waals surface area contributed by atoms with E-state index in [9.17, 15) is 4.79 Å². The van der Waals surface area contributed by atoms with Gasteiger partial charge in [0, 0.05) is 5.56 Å². The molecule has 2 N–H and O–H groups in total. The molecule has 2 aromatic rings. The fourth-order valence-electron chi connectivity index (χ4n) is 2.73. The minimum absolute atomic E-state index is 0.270. The molecular weight excluding hydrogens is 234 g/mol. The number of nitrogens with two attached hydrogens (primary N) is 1. The van der Waals surface area contributed by atoms with E-state index in [0.29, 0.717) is 5.56 Å². The lowest BCUT2D eigenvalue weighted by Crippen LogP contribution is -2.18. The Kier molecular flexibility index (Phi) is 3.61. The molecule has 0 saturated carbocycles. The minimum atomic E-state index is -0.321. The molecule has 0 aromatic heterocycles. The van der Waals surface area contributed by atoms with Crippen LogP contribution in [-0.2, 0) is 0 Å². The maximum atomic E-state index is 11.9. The number of fused-ring (bicyclic) bond motifs is 1. The summed E-state index contributed by atoms with van der Waals surface area (Å²) < 4.78 is 0. The van der Waals surface area contributed by atoms with Crippen LogP contribution < -0.4 is 5.73 Å². The lowest BCUT2D eigenvalue weighted by Gasteiger charge is -2.20. The van der Waals surface area contributed by atoms with Crippen molar-refractivity contribution in [2.45, 2.75) is 39.5 Å². The second kappa shape index (κ2) is 5.04. The van der Waals surface area contributed by atoms with E-state index in [1.54, 1.807) is 0 Å². The van der Waals surface area contributed by atoms with Gasteiger partial charge in [-0.15, -0.1) is 0 Å². The van der Waals surface area contributed by atoms with Gasteiger partial charge in [0.2, 0.25) is 5.91 Å². The van der Waals surface area contributed by atoms with Crippen molar-refractivity contribution in [3.63, 3.8) is 0 Å². The molecule has 2 nitrogen and oxygen atoms in total. The highest BCUT2D eigenvalue weighted by atomic mass is 16.1. The Morgan fingerprint density at radius 2 is 1.68 bits per heavy atom. The van der Waals surface area contributed by atoms with Crippen LogP contribution >= 0.6 is 0 Å². The predicted molar refractivity (Wildman–Crippen MR) is 80.6 cm³/mol. The molecule has 19 heavy (non-hydrogen) atoms. The van der Waals surface area contributed by atoms with Crippen molar-refractivity contribution >= 4 is 16.7 Å². The standard InChI is InChI=1S/C17H21NO/c1-10(2)14-9-12-7-5-6-8-13(12)15(11(3)4)16(14)17(18)19/h5-11H,1-4H3,(H2,18,19). The Morgan fingerprint density at radius 3 is 2.21 bits per heavy atom. The van der Waals surface area contributed by atoms with Crippen molar-refractivity contribution in [2.24, 2.45) is 5.73 Å². The van der Waals surface area contributed by atoms with Gasteiger partial charge in [0.25, 0.3) is 0 Å². The Balaban J connectivity index is 2.96. The summed E-state index contributed by atoms with van der Waals surface area (Å²) in [5.74, 6) is 0.230. The molecule has 0 saturated heterocycles. The van der Waals surface area contributed by atoms with E-state index in [1.165, 1.54) is 5.39 Å². The highest BCUT2D eigenvalue weighted by Crippen LogP contribution is 2.34. The normalized spacial score (nSPS) is 11.5. The molecule has 1 amide bonds. The van der Waals surface area contributed by atoms with Gasteiger partial charge >= 0.3 is 0 Å². The van der Waals surface area contributed by atoms with E-state index >= 15 is 0 Å². The largest absolute Gasteiger partial charge is 0.366 e. The molecule has 100 valence electrons. The van der Waals surface area contributed by atoms with Crippen LogP contribution in [0, 0.1) is 0 Å². The van der Waals surface area contributed by atoms with Crippen LogP contribution in [0.4, 0.5) is 0 Å². The molecule has 0 aliphatic carbocycles. The first-order valence-electron chi connectivity index (χ1n) is 6.78. The zero-order chi connectivity index (χ0) is 14.2. The topological polar surface area (TPSA) is 43.1 Å². The van der Waals surface area contributed by atoms with Crippen molar-refractivity contribution in [3.05, 3.63) is 47.0 Å². The van der Waals surface area contributed by atoms with Gasteiger partial charge in [-0.05, 0) is 33.7 Å². The van der Waals surface area contributed by atoms with Crippen LogP contribution in [0.1, 0.15) is 61.0 Å². The molecule has 0 heterocycles. The number of rotatable bonds is 3. The van der Waals surface area contributed by atoms with Crippen LogP contribution in [0.2, 0.25) is 0 Å². The highest BCUT2D eigenvalue weighted by Gasteiger charge is 2.20. The van der Waals surface area contributed by atoms with Crippen LogP contribution in [0.3, 0.4) is 0 Å². The molecule has 0 aliphatic heterocycles. The summed E-state index contributed by atoms with van der Waals surface area (Å²) in [6.07, 6.45) is 0. The maximum Gasteiger partial charge on any atom is 0.249 e. The lowest BCUT2D eigenvalue weighted by atomic mass is 9.84. The van der Waals surface area contributed by atoms with E-state index in [1.807, 2.05) is 12.1 Å². The van der Waals surface area contributed by atoms with Gasteiger partial charge in [0.15, 0.2) is 0 Å². The first-order valence-corrected chi connectivity index (χ1v) is 6.78. The molecule has 2 rings (SSSR count). The van der Waals surface area contributed by atoms with Gasteiger partial charge in [0.1, 0.15) is 0 Å². The number of hydrogen-bond donors (Lipinski definition) is 1. The Bertz CT molecular complexity index is 626. The third-order valence-electron chi connectivity index (χ3n) is 3.57. The molecular formula is C17H21NO. The smallest absolute Gasteiger partial charge is 0.249 e. The summed E-state index contributed by atoms with van der Waals surface area (Å²) in [5, 5.41) is 2.32. The van der Waals surface area contributed by atoms with Gasteiger partial charge in [-0.2, -0.15) is 0 Å². The average molecular weight is 255 g/mol. The van der Waals surface area contributed by atoms with Gasteiger partial charge in [-0.1, -0.05) is 58.0 Å². The van der Waals surface area contributed by atoms with Crippen molar-refractivity contribution in [1.82, 2.24) is 0 Å². The van der Waals surface area contributed by atoms with Gasteiger partial charge < -0.3 is 5.73 Å². The van der Waals surface area contributed by atoms with E-state index in [-0.39, 0.29) is 17.7 Å². The molecule has 0 unspecified atom stereocenters. The van der Waals surface area contributed by atoms with Crippen molar-refractivity contribution in [3.8, 4) is 0 Å². The fourth-order valence-corrected chi connectivity index (χ4v) is 2.73. The number of carbonyl (C=O) groups excluding carboxylic acids is 1. The summed E-state index contributed by atoms with van der Waals surface area (Å²) in [5.41, 5.74) is 8.48. The predicted octanol–water partition coefficient (Wildman–Crippen LogP) is 4.19. The Morgan fingerprint density at radius 1 is 1.05 bits per heavy atom. The van der Waals surface area contributed by atoms with Gasteiger partial charge in [0.05, 0.1) is 0 Å². The number of amides is 1. The lowest BCUT2D eigenvalue weighted by molar-refractivity contribution is 0.0998. The zero-order valence-corrected chi connectivity index (χ0v) is 12.0. The molecule has 2 heteroatoms. The number of hydrogen-bond acceptors (Lipinski definition) is 1. The molecule has 0 aliphatic rings. The van der Waals surface area contributed by atoms with Crippen LogP contribution in [-0.4, -0.2) is 5.91 Å². The monoisotopic (exact) mass is 255 g/mol. The summed E-state index contributed by atoms with van der Waals surface area (Å²) in [6.45, 7) is 8.41. The Labute approximate surface area is 114 Å². The number of carbonyl (C=O) groups is 1. The number of benzene rings is 2. The highest BCUT2D eigenvalue weighted by molar-refractivity contribution is 6.02. The van der Waals surface area contributed by atoms with E-state index in [2.05, 4.69) is 45.9 Å². The number of primary amides is 1.